The Labute approximate surface area is 138 Å². The number of ketones is 2. The molecule has 0 spiro atoms. The monoisotopic (exact) mass is 323 g/mol. The number of hydrogen-bond donors (Lipinski definition) is 3. The first-order chi connectivity index (χ1) is 11.3. The lowest BCUT2D eigenvalue weighted by Crippen LogP contribution is -2.22. The number of hydrogen-bond acceptors (Lipinski definition) is 4. The lowest BCUT2D eigenvalue weighted by Gasteiger charge is -2.22. The molecule has 24 heavy (non-hydrogen) atoms. The predicted molar refractivity (Wildman–Crippen MR) is 91.8 cm³/mol. The van der Waals surface area contributed by atoms with Crippen molar-refractivity contribution in [2.24, 2.45) is 0 Å². The van der Waals surface area contributed by atoms with Crippen LogP contribution in [0, 0.1) is 0 Å². The molecule has 0 bridgehead atoms. The number of allylic oxidation sites excluding steroid dienone is 3. The molecule has 122 valence electrons. The molecule has 1 heterocycles. The number of aliphatic hydroxyl groups is 2. The van der Waals surface area contributed by atoms with Gasteiger partial charge in [0.15, 0.2) is 11.5 Å². The minimum Gasteiger partial charge on any atom is -0.504 e. The fourth-order valence-corrected chi connectivity index (χ4v) is 2.84. The maximum absolute atomic E-state index is 12.5. The molecule has 1 aliphatic carbocycles. The topological polar surface area (TPSA) is 90.4 Å². The van der Waals surface area contributed by atoms with Gasteiger partial charge in [0.25, 0.3) is 0 Å². The number of para-hydroxylation sites is 1. The van der Waals surface area contributed by atoms with Crippen molar-refractivity contribution in [3.05, 3.63) is 65.8 Å². The molecular formula is C19H17NO4. The molecule has 5 nitrogen and oxygen atoms in total. The fourth-order valence-electron chi connectivity index (χ4n) is 2.84. The Hall–Kier alpha value is -3.08. The second-order valence-electron chi connectivity index (χ2n) is 6.29. The van der Waals surface area contributed by atoms with Gasteiger partial charge in [-0.15, -0.1) is 6.58 Å². The third-order valence-corrected chi connectivity index (χ3v) is 4.31. The lowest BCUT2D eigenvalue weighted by atomic mass is 9.82. The van der Waals surface area contributed by atoms with Gasteiger partial charge in [0.05, 0.1) is 5.57 Å². The highest BCUT2D eigenvalue weighted by Crippen LogP contribution is 2.39. The SMILES string of the molecule is C=CC(C)(C)c1[nH]c2ccccc2c1C1=C(O)C(=O)C=C(O)C1=O. The summed E-state index contributed by atoms with van der Waals surface area (Å²) in [6, 6.07) is 7.26. The van der Waals surface area contributed by atoms with Gasteiger partial charge >= 0.3 is 0 Å². The van der Waals surface area contributed by atoms with E-state index in [-0.39, 0.29) is 5.57 Å². The van der Waals surface area contributed by atoms with Crippen LogP contribution in [0.25, 0.3) is 16.5 Å². The summed E-state index contributed by atoms with van der Waals surface area (Å²) < 4.78 is 0. The van der Waals surface area contributed by atoms with E-state index in [0.717, 1.165) is 11.6 Å². The van der Waals surface area contributed by atoms with Crippen molar-refractivity contribution in [2.75, 3.05) is 0 Å². The van der Waals surface area contributed by atoms with Crippen molar-refractivity contribution in [2.45, 2.75) is 19.3 Å². The first-order valence-corrected chi connectivity index (χ1v) is 7.46. The summed E-state index contributed by atoms with van der Waals surface area (Å²) in [6.45, 7) is 7.62. The largest absolute Gasteiger partial charge is 0.504 e. The van der Waals surface area contributed by atoms with Gasteiger partial charge in [0, 0.05) is 33.7 Å². The number of aromatic nitrogens is 1. The van der Waals surface area contributed by atoms with E-state index in [2.05, 4.69) is 11.6 Å². The number of fused-ring (bicyclic) bond motifs is 1. The number of carbonyl (C=O) groups is 2. The van der Waals surface area contributed by atoms with Crippen LogP contribution in [0.5, 0.6) is 0 Å². The third kappa shape index (κ3) is 2.17. The molecule has 0 unspecified atom stereocenters. The van der Waals surface area contributed by atoms with Gasteiger partial charge in [-0.3, -0.25) is 9.59 Å². The summed E-state index contributed by atoms with van der Waals surface area (Å²) >= 11 is 0. The average Bonchev–Trinajstić information content (AvgIpc) is 2.94. The Morgan fingerprint density at radius 1 is 1.17 bits per heavy atom. The Balaban J connectivity index is 2.43. The van der Waals surface area contributed by atoms with E-state index in [1.807, 2.05) is 26.0 Å². The summed E-state index contributed by atoms with van der Waals surface area (Å²) in [7, 11) is 0. The number of carbonyl (C=O) groups excluding carboxylic acids is 2. The molecule has 2 aromatic rings. The van der Waals surface area contributed by atoms with Crippen molar-refractivity contribution in [3.8, 4) is 0 Å². The molecule has 3 rings (SSSR count). The van der Waals surface area contributed by atoms with E-state index in [1.54, 1.807) is 18.2 Å². The summed E-state index contributed by atoms with van der Waals surface area (Å²) in [4.78, 5) is 27.6. The van der Waals surface area contributed by atoms with E-state index in [1.165, 1.54) is 0 Å². The highest BCUT2D eigenvalue weighted by Gasteiger charge is 2.35. The molecule has 1 aromatic heterocycles. The molecule has 0 fully saturated rings. The van der Waals surface area contributed by atoms with Crippen LogP contribution in [0.15, 0.2) is 54.5 Å². The third-order valence-electron chi connectivity index (χ3n) is 4.31. The molecular weight excluding hydrogens is 306 g/mol. The molecule has 0 saturated heterocycles. The zero-order valence-corrected chi connectivity index (χ0v) is 13.4. The standard InChI is InChI=1S/C19H17NO4/c1-4-19(2,3)18-14(10-7-5-6-8-11(10)20-18)15-16(23)12(21)9-13(22)17(15)24/h4-9,20-21,24H,1H2,2-3H3. The number of aromatic amines is 1. The van der Waals surface area contributed by atoms with Crippen LogP contribution in [-0.2, 0) is 15.0 Å². The number of nitrogens with one attached hydrogen (secondary N) is 1. The van der Waals surface area contributed by atoms with Crippen LogP contribution < -0.4 is 0 Å². The van der Waals surface area contributed by atoms with Crippen LogP contribution in [0.4, 0.5) is 0 Å². The maximum atomic E-state index is 12.5. The Morgan fingerprint density at radius 3 is 2.50 bits per heavy atom. The summed E-state index contributed by atoms with van der Waals surface area (Å²) in [5.41, 5.74) is 1.05. The van der Waals surface area contributed by atoms with Crippen molar-refractivity contribution in [1.82, 2.24) is 4.98 Å². The quantitative estimate of drug-likeness (QED) is 0.595. The zero-order chi connectivity index (χ0) is 17.6. The van der Waals surface area contributed by atoms with Crippen molar-refractivity contribution >= 4 is 28.0 Å². The van der Waals surface area contributed by atoms with E-state index in [0.29, 0.717) is 16.6 Å². The van der Waals surface area contributed by atoms with E-state index in [9.17, 15) is 19.8 Å². The van der Waals surface area contributed by atoms with Crippen LogP contribution in [0.3, 0.4) is 0 Å². The summed E-state index contributed by atoms with van der Waals surface area (Å²) in [6.07, 6.45) is 2.44. The number of aliphatic hydroxyl groups excluding tert-OH is 2. The Kier molecular flexibility index (Phi) is 3.44. The van der Waals surface area contributed by atoms with Crippen molar-refractivity contribution < 1.29 is 19.8 Å². The first kappa shape index (κ1) is 15.8. The average molecular weight is 323 g/mol. The van der Waals surface area contributed by atoms with Crippen LogP contribution in [-0.4, -0.2) is 26.8 Å². The number of benzene rings is 1. The molecule has 0 atom stereocenters. The molecule has 0 aliphatic heterocycles. The summed E-state index contributed by atoms with van der Waals surface area (Å²) in [5, 5.41) is 20.7. The summed E-state index contributed by atoms with van der Waals surface area (Å²) in [5.74, 6) is -2.92. The Morgan fingerprint density at radius 2 is 1.83 bits per heavy atom. The zero-order valence-electron chi connectivity index (χ0n) is 13.4. The second kappa shape index (κ2) is 5.23. The highest BCUT2D eigenvalue weighted by molar-refractivity contribution is 6.38. The lowest BCUT2D eigenvalue weighted by molar-refractivity contribution is -0.117. The van der Waals surface area contributed by atoms with Crippen LogP contribution in [0.1, 0.15) is 25.1 Å². The minimum atomic E-state index is -0.797. The molecule has 3 N–H and O–H groups in total. The van der Waals surface area contributed by atoms with Gasteiger partial charge in [-0.1, -0.05) is 38.1 Å². The second-order valence-corrected chi connectivity index (χ2v) is 6.29. The predicted octanol–water partition coefficient (Wildman–Crippen LogP) is 3.49. The van der Waals surface area contributed by atoms with Gasteiger partial charge in [0.1, 0.15) is 0 Å². The van der Waals surface area contributed by atoms with Crippen molar-refractivity contribution in [1.29, 1.82) is 0 Å². The molecule has 0 radical (unpaired) electrons. The molecule has 5 heteroatoms. The molecule has 0 amide bonds. The van der Waals surface area contributed by atoms with E-state index >= 15 is 0 Å². The molecule has 1 aromatic carbocycles. The first-order valence-electron chi connectivity index (χ1n) is 7.46. The number of rotatable bonds is 3. The number of Topliss-reactive ketones (excluding diaryl/α,β-unsaturated/α-hetero) is 1. The highest BCUT2D eigenvalue weighted by atomic mass is 16.3. The molecule has 1 aliphatic rings. The maximum Gasteiger partial charge on any atom is 0.232 e. The van der Waals surface area contributed by atoms with Gasteiger partial charge in [-0.2, -0.15) is 0 Å². The smallest absolute Gasteiger partial charge is 0.232 e. The van der Waals surface area contributed by atoms with Crippen LogP contribution in [0.2, 0.25) is 0 Å². The normalized spacial score (nSPS) is 15.8. The fraction of sp³-hybridized carbons (Fsp3) is 0.158. The number of H-pyrrole nitrogens is 1. The van der Waals surface area contributed by atoms with E-state index < -0.39 is 28.5 Å². The van der Waals surface area contributed by atoms with E-state index in [4.69, 9.17) is 0 Å². The molecule has 0 saturated carbocycles. The van der Waals surface area contributed by atoms with Gasteiger partial charge in [-0.05, 0) is 6.07 Å². The van der Waals surface area contributed by atoms with Gasteiger partial charge in [0.2, 0.25) is 11.6 Å². The van der Waals surface area contributed by atoms with Gasteiger partial charge < -0.3 is 15.2 Å². The van der Waals surface area contributed by atoms with Crippen molar-refractivity contribution in [3.63, 3.8) is 0 Å². The van der Waals surface area contributed by atoms with Gasteiger partial charge in [-0.25, -0.2) is 0 Å². The van der Waals surface area contributed by atoms with Crippen LogP contribution >= 0.6 is 0 Å². The Bertz CT molecular complexity index is 957. The minimum absolute atomic E-state index is 0.192.